The van der Waals surface area contributed by atoms with Crippen LogP contribution in [0.4, 0.5) is 9.18 Å². The number of amides is 1. The number of carbonyl (C=O) groups excluding carboxylic acids is 2. The van der Waals surface area contributed by atoms with E-state index in [4.69, 9.17) is 9.47 Å². The van der Waals surface area contributed by atoms with Gasteiger partial charge in [-0.05, 0) is 41.0 Å². The van der Waals surface area contributed by atoms with Crippen LogP contribution in [0.25, 0.3) is 0 Å². The Bertz CT molecular complexity index is 380. The molecule has 0 radical (unpaired) electrons. The molecule has 0 aromatic rings. The lowest BCUT2D eigenvalue weighted by Crippen LogP contribution is -2.55. The van der Waals surface area contributed by atoms with E-state index in [1.54, 1.807) is 27.7 Å². The fraction of sp³-hybridized carbons (Fsp3) is 0.857. The summed E-state index contributed by atoms with van der Waals surface area (Å²) in [6.45, 7) is 8.85. The molecule has 116 valence electrons. The lowest BCUT2D eigenvalue weighted by atomic mass is 9.80. The number of ether oxygens (including phenoxy) is 2. The van der Waals surface area contributed by atoms with E-state index in [-0.39, 0.29) is 26.1 Å². The smallest absolute Gasteiger partial charge is 0.410 e. The summed E-state index contributed by atoms with van der Waals surface area (Å²) in [5.74, 6) is -0.610. The molecule has 1 fully saturated rings. The van der Waals surface area contributed by atoms with Gasteiger partial charge in [0, 0.05) is 13.1 Å². The molecule has 6 heteroatoms. The third-order valence-electron chi connectivity index (χ3n) is 3.26. The Hall–Kier alpha value is -1.33. The molecule has 5 nitrogen and oxygen atoms in total. The van der Waals surface area contributed by atoms with Crippen LogP contribution in [-0.4, -0.2) is 48.4 Å². The van der Waals surface area contributed by atoms with E-state index >= 15 is 0 Å². The zero-order valence-corrected chi connectivity index (χ0v) is 12.9. The number of rotatable bonds is 2. The van der Waals surface area contributed by atoms with Gasteiger partial charge < -0.3 is 14.4 Å². The van der Waals surface area contributed by atoms with Crippen molar-refractivity contribution in [1.82, 2.24) is 4.90 Å². The Morgan fingerprint density at radius 3 is 2.50 bits per heavy atom. The molecule has 0 aromatic heterocycles. The minimum Gasteiger partial charge on any atom is -0.465 e. The fourth-order valence-electron chi connectivity index (χ4n) is 2.13. The van der Waals surface area contributed by atoms with Crippen LogP contribution >= 0.6 is 0 Å². The normalized spacial score (nSPS) is 27.1. The number of alkyl halides is 1. The van der Waals surface area contributed by atoms with Crippen molar-refractivity contribution in [2.24, 2.45) is 5.41 Å². The first-order valence-corrected chi connectivity index (χ1v) is 6.89. The minimum absolute atomic E-state index is 0.0259. The number of halogens is 1. The minimum atomic E-state index is -1.33. The highest BCUT2D eigenvalue weighted by Crippen LogP contribution is 2.34. The molecule has 1 aliphatic rings. The van der Waals surface area contributed by atoms with Gasteiger partial charge in [-0.1, -0.05) is 0 Å². The number of piperidine rings is 1. The molecule has 2 atom stereocenters. The highest BCUT2D eigenvalue weighted by atomic mass is 19.1. The summed E-state index contributed by atoms with van der Waals surface area (Å²) in [5, 5.41) is 0. The van der Waals surface area contributed by atoms with Crippen molar-refractivity contribution in [3.63, 3.8) is 0 Å². The molecule has 0 saturated carbocycles. The first-order chi connectivity index (χ1) is 9.10. The van der Waals surface area contributed by atoms with Gasteiger partial charge in [0.05, 0.1) is 6.61 Å². The summed E-state index contributed by atoms with van der Waals surface area (Å²) >= 11 is 0. The first-order valence-electron chi connectivity index (χ1n) is 6.89. The highest BCUT2D eigenvalue weighted by molar-refractivity contribution is 5.79. The average Bonchev–Trinajstić information content (AvgIpc) is 2.30. The largest absolute Gasteiger partial charge is 0.465 e. The molecular weight excluding hydrogens is 265 g/mol. The Kier molecular flexibility index (Phi) is 5.00. The zero-order valence-electron chi connectivity index (χ0n) is 12.9. The van der Waals surface area contributed by atoms with E-state index in [2.05, 4.69) is 0 Å². The second-order valence-electron chi connectivity index (χ2n) is 6.30. The Morgan fingerprint density at radius 2 is 2.00 bits per heavy atom. The summed E-state index contributed by atoms with van der Waals surface area (Å²) in [6.07, 6.45) is -1.74. The molecular formula is C14H24FNO4. The van der Waals surface area contributed by atoms with Gasteiger partial charge in [-0.15, -0.1) is 0 Å². The average molecular weight is 289 g/mol. The molecule has 1 aliphatic heterocycles. The SMILES string of the molecule is CCOC(=O)C1(C)CN(C(=O)OC(C)(C)C)CCC1F. The van der Waals surface area contributed by atoms with Gasteiger partial charge in [0.2, 0.25) is 0 Å². The van der Waals surface area contributed by atoms with E-state index in [9.17, 15) is 14.0 Å². The number of hydrogen-bond acceptors (Lipinski definition) is 4. The Morgan fingerprint density at radius 1 is 1.40 bits per heavy atom. The summed E-state index contributed by atoms with van der Waals surface area (Å²) in [4.78, 5) is 25.3. The molecule has 0 bridgehead atoms. The summed E-state index contributed by atoms with van der Waals surface area (Å²) in [5.41, 5.74) is -1.95. The first kappa shape index (κ1) is 16.7. The van der Waals surface area contributed by atoms with Gasteiger partial charge in [0.1, 0.15) is 17.2 Å². The predicted molar refractivity (Wildman–Crippen MR) is 72.1 cm³/mol. The van der Waals surface area contributed by atoms with Crippen molar-refractivity contribution >= 4 is 12.1 Å². The number of hydrogen-bond donors (Lipinski definition) is 0. The topological polar surface area (TPSA) is 55.8 Å². The van der Waals surface area contributed by atoms with Crippen molar-refractivity contribution in [3.05, 3.63) is 0 Å². The maximum Gasteiger partial charge on any atom is 0.410 e. The molecule has 0 aromatic carbocycles. The summed E-state index contributed by atoms with van der Waals surface area (Å²) in [6, 6.07) is 0. The molecule has 1 saturated heterocycles. The van der Waals surface area contributed by atoms with Crippen LogP contribution < -0.4 is 0 Å². The highest BCUT2D eigenvalue weighted by Gasteiger charge is 2.49. The number of esters is 1. The van der Waals surface area contributed by atoms with Gasteiger partial charge in [0.15, 0.2) is 0 Å². The lowest BCUT2D eigenvalue weighted by Gasteiger charge is -2.41. The number of carbonyl (C=O) groups is 2. The van der Waals surface area contributed by atoms with Crippen LogP contribution in [0.15, 0.2) is 0 Å². The molecule has 0 spiro atoms. The van der Waals surface area contributed by atoms with Crippen LogP contribution in [0.2, 0.25) is 0 Å². The van der Waals surface area contributed by atoms with Crippen LogP contribution in [0.5, 0.6) is 0 Å². The Labute approximate surface area is 119 Å². The zero-order chi connectivity index (χ0) is 15.6. The summed E-state index contributed by atoms with van der Waals surface area (Å²) in [7, 11) is 0. The molecule has 1 heterocycles. The Balaban J connectivity index is 2.80. The van der Waals surface area contributed by atoms with Crippen molar-refractivity contribution in [3.8, 4) is 0 Å². The molecule has 0 aliphatic carbocycles. The van der Waals surface area contributed by atoms with Crippen LogP contribution in [0, 0.1) is 5.41 Å². The third kappa shape index (κ3) is 3.84. The lowest BCUT2D eigenvalue weighted by molar-refractivity contribution is -0.162. The van der Waals surface area contributed by atoms with Crippen molar-refractivity contribution in [1.29, 1.82) is 0 Å². The van der Waals surface area contributed by atoms with Gasteiger partial charge in [-0.2, -0.15) is 0 Å². The van der Waals surface area contributed by atoms with Crippen molar-refractivity contribution in [2.75, 3.05) is 19.7 Å². The van der Waals surface area contributed by atoms with E-state index in [0.717, 1.165) is 0 Å². The second-order valence-corrected chi connectivity index (χ2v) is 6.30. The second kappa shape index (κ2) is 5.97. The van der Waals surface area contributed by atoms with E-state index < -0.39 is 29.3 Å². The maximum absolute atomic E-state index is 14.1. The molecule has 1 amide bonds. The standard InChI is InChI=1S/C14H24FNO4/c1-6-19-11(17)14(5)9-16(8-7-10(14)15)12(18)20-13(2,3)4/h10H,6-9H2,1-5H3. The van der Waals surface area contributed by atoms with E-state index in [1.165, 1.54) is 11.8 Å². The van der Waals surface area contributed by atoms with Crippen molar-refractivity contribution in [2.45, 2.75) is 52.8 Å². The van der Waals surface area contributed by atoms with Crippen molar-refractivity contribution < 1.29 is 23.5 Å². The predicted octanol–water partition coefficient (Wildman–Crippen LogP) is 2.53. The number of likely N-dealkylation sites (tertiary alicyclic amines) is 1. The van der Waals surface area contributed by atoms with Gasteiger partial charge >= 0.3 is 12.1 Å². The monoisotopic (exact) mass is 289 g/mol. The fourth-order valence-corrected chi connectivity index (χ4v) is 2.13. The maximum atomic E-state index is 14.1. The van der Waals surface area contributed by atoms with E-state index in [1.807, 2.05) is 0 Å². The van der Waals surface area contributed by atoms with Gasteiger partial charge in [-0.25, -0.2) is 9.18 Å². The third-order valence-corrected chi connectivity index (χ3v) is 3.26. The molecule has 2 unspecified atom stereocenters. The van der Waals surface area contributed by atoms with Crippen LogP contribution in [0.3, 0.4) is 0 Å². The van der Waals surface area contributed by atoms with Crippen LogP contribution in [-0.2, 0) is 14.3 Å². The molecule has 20 heavy (non-hydrogen) atoms. The summed E-state index contributed by atoms with van der Waals surface area (Å²) < 4.78 is 24.3. The van der Waals surface area contributed by atoms with Gasteiger partial charge in [-0.3, -0.25) is 4.79 Å². The number of nitrogens with zero attached hydrogens (tertiary/aromatic N) is 1. The van der Waals surface area contributed by atoms with Gasteiger partial charge in [0.25, 0.3) is 0 Å². The molecule has 1 rings (SSSR count). The molecule has 0 N–H and O–H groups in total. The quantitative estimate of drug-likeness (QED) is 0.733. The van der Waals surface area contributed by atoms with Crippen LogP contribution in [0.1, 0.15) is 41.0 Å². The van der Waals surface area contributed by atoms with E-state index in [0.29, 0.717) is 0 Å².